The van der Waals surface area contributed by atoms with Crippen LogP contribution in [0.1, 0.15) is 33.1 Å². The van der Waals surface area contributed by atoms with Crippen LogP contribution in [-0.4, -0.2) is 55.6 Å². The van der Waals surface area contributed by atoms with Crippen molar-refractivity contribution >= 4 is 0 Å². The van der Waals surface area contributed by atoms with Gasteiger partial charge in [0.15, 0.2) is 0 Å². The molecule has 0 radical (unpaired) electrons. The van der Waals surface area contributed by atoms with Gasteiger partial charge in [0.25, 0.3) is 0 Å². The van der Waals surface area contributed by atoms with Crippen LogP contribution in [0.3, 0.4) is 0 Å². The summed E-state index contributed by atoms with van der Waals surface area (Å²) in [6.45, 7) is 12.9. The Kier molecular flexibility index (Phi) is 7.01. The summed E-state index contributed by atoms with van der Waals surface area (Å²) < 4.78 is 0. The molecule has 96 valence electrons. The average molecular weight is 227 g/mol. The molecule has 2 N–H and O–H groups in total. The smallest absolute Gasteiger partial charge is 0.0109 e. The largest absolute Gasteiger partial charge is 0.330 e. The highest BCUT2D eigenvalue weighted by atomic mass is 15.2. The Hall–Kier alpha value is -0.120. The molecule has 1 rings (SSSR count). The Morgan fingerprint density at radius 2 is 1.88 bits per heavy atom. The van der Waals surface area contributed by atoms with Crippen LogP contribution in [0, 0.1) is 5.92 Å². The molecule has 0 amide bonds. The van der Waals surface area contributed by atoms with Gasteiger partial charge in [0, 0.05) is 19.6 Å². The Balaban J connectivity index is 2.19. The fraction of sp³-hybridized carbons (Fsp3) is 1.00. The first-order valence-electron chi connectivity index (χ1n) is 6.87. The normalized spacial score (nSPS) is 17.8. The summed E-state index contributed by atoms with van der Waals surface area (Å²) in [6, 6.07) is 0. The molecule has 0 aromatic rings. The maximum atomic E-state index is 5.59. The van der Waals surface area contributed by atoms with Crippen molar-refractivity contribution in [3.8, 4) is 0 Å². The van der Waals surface area contributed by atoms with Crippen LogP contribution in [0.5, 0.6) is 0 Å². The van der Waals surface area contributed by atoms with E-state index >= 15 is 0 Å². The fourth-order valence-corrected chi connectivity index (χ4v) is 2.41. The molecule has 0 atom stereocenters. The van der Waals surface area contributed by atoms with E-state index in [0.29, 0.717) is 0 Å². The van der Waals surface area contributed by atoms with Gasteiger partial charge in [-0.3, -0.25) is 0 Å². The summed E-state index contributed by atoms with van der Waals surface area (Å²) in [5, 5.41) is 0. The maximum absolute atomic E-state index is 5.59. The van der Waals surface area contributed by atoms with E-state index < -0.39 is 0 Å². The Labute approximate surface area is 101 Å². The van der Waals surface area contributed by atoms with Gasteiger partial charge in [0.2, 0.25) is 0 Å². The Morgan fingerprint density at radius 1 is 1.19 bits per heavy atom. The zero-order valence-electron chi connectivity index (χ0n) is 11.1. The van der Waals surface area contributed by atoms with Gasteiger partial charge in [-0.15, -0.1) is 0 Å². The van der Waals surface area contributed by atoms with Gasteiger partial charge in [-0.05, 0) is 51.4 Å². The predicted molar refractivity (Wildman–Crippen MR) is 70.6 cm³/mol. The van der Waals surface area contributed by atoms with E-state index in [1.54, 1.807) is 0 Å². The second kappa shape index (κ2) is 8.04. The molecule has 3 nitrogen and oxygen atoms in total. The van der Waals surface area contributed by atoms with Crippen molar-refractivity contribution in [1.82, 2.24) is 9.80 Å². The van der Waals surface area contributed by atoms with Crippen molar-refractivity contribution in [2.45, 2.75) is 33.1 Å². The molecule has 0 aliphatic carbocycles. The van der Waals surface area contributed by atoms with Gasteiger partial charge in [0.1, 0.15) is 0 Å². The van der Waals surface area contributed by atoms with Crippen LogP contribution in [0.15, 0.2) is 0 Å². The second-order valence-corrected chi connectivity index (χ2v) is 5.39. The van der Waals surface area contributed by atoms with Gasteiger partial charge in [-0.1, -0.05) is 13.8 Å². The topological polar surface area (TPSA) is 32.5 Å². The van der Waals surface area contributed by atoms with Gasteiger partial charge in [-0.2, -0.15) is 0 Å². The van der Waals surface area contributed by atoms with Crippen LogP contribution in [0.4, 0.5) is 0 Å². The zero-order chi connectivity index (χ0) is 11.8. The number of hydrogen-bond donors (Lipinski definition) is 1. The molecule has 1 aliphatic rings. The van der Waals surface area contributed by atoms with Gasteiger partial charge in [0.05, 0.1) is 0 Å². The van der Waals surface area contributed by atoms with E-state index in [0.717, 1.165) is 18.9 Å². The van der Waals surface area contributed by atoms with E-state index in [9.17, 15) is 0 Å². The highest BCUT2D eigenvalue weighted by molar-refractivity contribution is 4.69. The van der Waals surface area contributed by atoms with E-state index in [-0.39, 0.29) is 0 Å². The minimum atomic E-state index is 0.761. The van der Waals surface area contributed by atoms with Crippen molar-refractivity contribution in [2.24, 2.45) is 11.7 Å². The third-order valence-corrected chi connectivity index (χ3v) is 3.23. The highest BCUT2D eigenvalue weighted by Crippen LogP contribution is 2.07. The zero-order valence-corrected chi connectivity index (χ0v) is 11.1. The van der Waals surface area contributed by atoms with Crippen molar-refractivity contribution < 1.29 is 0 Å². The van der Waals surface area contributed by atoms with Crippen molar-refractivity contribution in [3.63, 3.8) is 0 Å². The third-order valence-electron chi connectivity index (χ3n) is 3.23. The molecule has 0 aromatic heterocycles. The lowest BCUT2D eigenvalue weighted by Gasteiger charge is -2.26. The van der Waals surface area contributed by atoms with Crippen molar-refractivity contribution in [2.75, 3.05) is 45.8 Å². The summed E-state index contributed by atoms with van der Waals surface area (Å²) in [5.41, 5.74) is 5.59. The van der Waals surface area contributed by atoms with Crippen molar-refractivity contribution in [1.29, 1.82) is 0 Å². The Bertz CT molecular complexity index is 165. The molecule has 0 aromatic carbocycles. The first-order chi connectivity index (χ1) is 7.72. The number of nitrogens with two attached hydrogens (primary N) is 1. The summed E-state index contributed by atoms with van der Waals surface area (Å²) in [7, 11) is 0. The monoisotopic (exact) mass is 227 g/mol. The molecule has 16 heavy (non-hydrogen) atoms. The van der Waals surface area contributed by atoms with E-state index in [4.69, 9.17) is 5.73 Å². The summed E-state index contributed by atoms with van der Waals surface area (Å²) >= 11 is 0. The molecule has 1 aliphatic heterocycles. The number of rotatable bonds is 8. The summed E-state index contributed by atoms with van der Waals surface area (Å²) in [4.78, 5) is 5.17. The third kappa shape index (κ3) is 5.83. The van der Waals surface area contributed by atoms with Gasteiger partial charge < -0.3 is 15.5 Å². The van der Waals surface area contributed by atoms with E-state index in [1.807, 2.05) is 0 Å². The lowest BCUT2D eigenvalue weighted by atomic mass is 10.2. The molecule has 0 bridgehead atoms. The van der Waals surface area contributed by atoms with Crippen LogP contribution < -0.4 is 5.73 Å². The van der Waals surface area contributed by atoms with Gasteiger partial charge in [-0.25, -0.2) is 0 Å². The Morgan fingerprint density at radius 3 is 2.44 bits per heavy atom. The minimum Gasteiger partial charge on any atom is -0.330 e. The molecule has 1 saturated heterocycles. The molecular formula is C13H29N3. The first-order valence-corrected chi connectivity index (χ1v) is 6.87. The van der Waals surface area contributed by atoms with E-state index in [1.165, 1.54) is 52.1 Å². The fourth-order valence-electron chi connectivity index (χ4n) is 2.41. The number of likely N-dealkylation sites (tertiary alicyclic amines) is 1. The SMILES string of the molecule is CC(C)CN(CCCN)CCN1CCCC1. The van der Waals surface area contributed by atoms with Crippen LogP contribution in [0.2, 0.25) is 0 Å². The van der Waals surface area contributed by atoms with Crippen LogP contribution in [-0.2, 0) is 0 Å². The first kappa shape index (κ1) is 13.9. The van der Waals surface area contributed by atoms with Crippen LogP contribution >= 0.6 is 0 Å². The second-order valence-electron chi connectivity index (χ2n) is 5.39. The summed E-state index contributed by atoms with van der Waals surface area (Å²) in [6.07, 6.45) is 3.92. The lowest BCUT2D eigenvalue weighted by Crippen LogP contribution is -2.37. The standard InChI is InChI=1S/C13H29N3/c1-13(2)12-16(9-5-6-14)11-10-15-7-3-4-8-15/h13H,3-12,14H2,1-2H3. The quantitative estimate of drug-likeness (QED) is 0.680. The molecule has 0 spiro atoms. The lowest BCUT2D eigenvalue weighted by molar-refractivity contribution is 0.206. The molecular weight excluding hydrogens is 198 g/mol. The predicted octanol–water partition coefficient (Wildman–Crippen LogP) is 1.39. The number of hydrogen-bond acceptors (Lipinski definition) is 3. The molecule has 1 fully saturated rings. The van der Waals surface area contributed by atoms with Gasteiger partial charge >= 0.3 is 0 Å². The molecule has 0 unspecified atom stereocenters. The number of nitrogens with zero attached hydrogens (tertiary/aromatic N) is 2. The van der Waals surface area contributed by atoms with Crippen molar-refractivity contribution in [3.05, 3.63) is 0 Å². The highest BCUT2D eigenvalue weighted by Gasteiger charge is 2.13. The van der Waals surface area contributed by atoms with Crippen LogP contribution in [0.25, 0.3) is 0 Å². The average Bonchev–Trinajstić information content (AvgIpc) is 2.74. The summed E-state index contributed by atoms with van der Waals surface area (Å²) in [5.74, 6) is 0.761. The minimum absolute atomic E-state index is 0.761. The molecule has 0 saturated carbocycles. The maximum Gasteiger partial charge on any atom is 0.0109 e. The van der Waals surface area contributed by atoms with E-state index in [2.05, 4.69) is 23.6 Å². The molecule has 3 heteroatoms. The molecule has 1 heterocycles.